The minimum atomic E-state index is 0. The average Bonchev–Trinajstić information content (AvgIpc) is 2.96. The zero-order valence-electron chi connectivity index (χ0n) is 13.1. The van der Waals surface area contributed by atoms with E-state index >= 15 is 0 Å². The summed E-state index contributed by atoms with van der Waals surface area (Å²) < 4.78 is 10.3. The molecule has 0 aliphatic carbocycles. The predicted molar refractivity (Wildman–Crippen MR) is 97.5 cm³/mol. The van der Waals surface area contributed by atoms with Crippen LogP contribution in [0.1, 0.15) is 31.9 Å². The molecule has 0 aromatic carbocycles. The van der Waals surface area contributed by atoms with Crippen molar-refractivity contribution in [1.82, 2.24) is 10.6 Å². The number of nitrogens with zero attached hydrogens (tertiary/aromatic N) is 1. The first-order chi connectivity index (χ1) is 9.86. The van der Waals surface area contributed by atoms with Crippen molar-refractivity contribution >= 4 is 29.9 Å². The average molecular weight is 409 g/mol. The summed E-state index contributed by atoms with van der Waals surface area (Å²) in [5, 5.41) is 6.68. The lowest BCUT2D eigenvalue weighted by molar-refractivity contribution is 0.197. The molecule has 1 aromatic heterocycles. The molecule has 1 aromatic rings. The van der Waals surface area contributed by atoms with Crippen molar-refractivity contribution in [3.05, 3.63) is 24.2 Å². The Hall–Kier alpha value is -0.760. The quantitative estimate of drug-likeness (QED) is 0.270. The summed E-state index contributed by atoms with van der Waals surface area (Å²) in [6.07, 6.45) is 5.83. The molecule has 0 saturated heterocycles. The molecule has 5 nitrogen and oxygen atoms in total. The Morgan fingerprint density at radius 1 is 1.29 bits per heavy atom. The third kappa shape index (κ3) is 10.6. The van der Waals surface area contributed by atoms with Crippen LogP contribution in [0.25, 0.3) is 0 Å². The summed E-state index contributed by atoms with van der Waals surface area (Å²) in [6.45, 7) is 5.47. The molecular weight excluding hydrogens is 381 g/mol. The van der Waals surface area contributed by atoms with E-state index in [0.29, 0.717) is 0 Å². The van der Waals surface area contributed by atoms with E-state index in [0.717, 1.165) is 57.2 Å². The van der Waals surface area contributed by atoms with E-state index in [2.05, 4.69) is 22.5 Å². The summed E-state index contributed by atoms with van der Waals surface area (Å²) in [7, 11) is 1.71. The van der Waals surface area contributed by atoms with Gasteiger partial charge in [-0.2, -0.15) is 0 Å². The zero-order chi connectivity index (χ0) is 14.5. The van der Waals surface area contributed by atoms with Crippen LogP contribution >= 0.6 is 24.0 Å². The molecule has 0 unspecified atom stereocenters. The molecule has 21 heavy (non-hydrogen) atoms. The Bertz CT molecular complexity index is 356. The molecular formula is C15H28IN3O2. The number of halogens is 1. The van der Waals surface area contributed by atoms with Gasteiger partial charge in [-0.1, -0.05) is 13.3 Å². The summed E-state index contributed by atoms with van der Waals surface area (Å²) in [6, 6.07) is 3.90. The van der Waals surface area contributed by atoms with Gasteiger partial charge in [0.15, 0.2) is 5.96 Å². The van der Waals surface area contributed by atoms with E-state index in [1.807, 2.05) is 12.1 Å². The smallest absolute Gasteiger partial charge is 0.191 e. The van der Waals surface area contributed by atoms with Gasteiger partial charge < -0.3 is 19.8 Å². The number of rotatable bonds is 10. The SMILES string of the molecule is CCCCNC(=NCCCOC)NCCc1ccco1.I. The van der Waals surface area contributed by atoms with E-state index in [1.165, 1.54) is 6.42 Å². The van der Waals surface area contributed by atoms with Crippen LogP contribution in [0.5, 0.6) is 0 Å². The standard InChI is InChI=1S/C15H27N3O2.HI/c1-3-4-9-16-15(17-10-6-12-19-2)18-11-8-14-7-5-13-20-14;/h5,7,13H,3-4,6,8-12H2,1-2H3,(H2,16,17,18);1H. The monoisotopic (exact) mass is 409 g/mol. The molecule has 0 saturated carbocycles. The number of unbranched alkanes of at least 4 members (excludes halogenated alkanes) is 1. The second kappa shape index (κ2) is 14.2. The molecule has 0 aliphatic rings. The van der Waals surface area contributed by atoms with E-state index in [-0.39, 0.29) is 24.0 Å². The topological polar surface area (TPSA) is 58.8 Å². The Balaban J connectivity index is 0.00000400. The zero-order valence-corrected chi connectivity index (χ0v) is 15.4. The van der Waals surface area contributed by atoms with E-state index in [4.69, 9.17) is 9.15 Å². The van der Waals surface area contributed by atoms with Crippen molar-refractivity contribution in [3.8, 4) is 0 Å². The first kappa shape index (κ1) is 20.2. The van der Waals surface area contributed by atoms with Crippen molar-refractivity contribution in [1.29, 1.82) is 0 Å². The van der Waals surface area contributed by atoms with Gasteiger partial charge in [-0.05, 0) is 25.0 Å². The minimum absolute atomic E-state index is 0. The van der Waals surface area contributed by atoms with Crippen LogP contribution in [0.2, 0.25) is 0 Å². The normalized spacial score (nSPS) is 11.0. The molecule has 2 N–H and O–H groups in total. The Kier molecular flexibility index (Phi) is 13.7. The number of aliphatic imine (C=N–C) groups is 1. The highest BCUT2D eigenvalue weighted by Crippen LogP contribution is 1.99. The van der Waals surface area contributed by atoms with Gasteiger partial charge in [0.25, 0.3) is 0 Å². The fraction of sp³-hybridized carbons (Fsp3) is 0.667. The number of furan rings is 1. The van der Waals surface area contributed by atoms with E-state index in [1.54, 1.807) is 13.4 Å². The predicted octanol–water partition coefficient (Wildman–Crippen LogP) is 2.81. The molecule has 0 atom stereocenters. The summed E-state index contributed by atoms with van der Waals surface area (Å²) >= 11 is 0. The van der Waals surface area contributed by atoms with Crippen molar-refractivity contribution in [2.24, 2.45) is 4.99 Å². The van der Waals surface area contributed by atoms with Gasteiger partial charge in [-0.25, -0.2) is 0 Å². The second-order valence-corrected chi connectivity index (χ2v) is 4.61. The van der Waals surface area contributed by atoms with Gasteiger partial charge in [0, 0.05) is 39.8 Å². The summed E-state index contributed by atoms with van der Waals surface area (Å²) in [5.74, 6) is 1.87. The molecule has 0 fully saturated rings. The minimum Gasteiger partial charge on any atom is -0.469 e. The Morgan fingerprint density at radius 2 is 2.10 bits per heavy atom. The lowest BCUT2D eigenvalue weighted by atomic mass is 10.3. The molecule has 0 bridgehead atoms. The number of ether oxygens (including phenoxy) is 1. The van der Waals surface area contributed by atoms with Crippen LogP contribution in [0.3, 0.4) is 0 Å². The Labute approximate surface area is 144 Å². The highest BCUT2D eigenvalue weighted by atomic mass is 127. The second-order valence-electron chi connectivity index (χ2n) is 4.61. The summed E-state index contributed by atoms with van der Waals surface area (Å²) in [4.78, 5) is 4.54. The molecule has 0 amide bonds. The maximum atomic E-state index is 5.31. The highest BCUT2D eigenvalue weighted by Gasteiger charge is 1.99. The fourth-order valence-electron chi connectivity index (χ4n) is 1.72. The van der Waals surface area contributed by atoms with Gasteiger partial charge in [0.1, 0.15) is 5.76 Å². The maximum Gasteiger partial charge on any atom is 0.191 e. The van der Waals surface area contributed by atoms with Gasteiger partial charge in [0.2, 0.25) is 0 Å². The van der Waals surface area contributed by atoms with Crippen LogP contribution < -0.4 is 10.6 Å². The number of hydrogen-bond donors (Lipinski definition) is 2. The van der Waals surface area contributed by atoms with Gasteiger partial charge in [-0.15, -0.1) is 24.0 Å². The van der Waals surface area contributed by atoms with Crippen molar-refractivity contribution in [2.45, 2.75) is 32.6 Å². The largest absolute Gasteiger partial charge is 0.469 e. The van der Waals surface area contributed by atoms with E-state index in [9.17, 15) is 0 Å². The molecule has 0 spiro atoms. The maximum absolute atomic E-state index is 5.31. The first-order valence-electron chi connectivity index (χ1n) is 7.40. The Morgan fingerprint density at radius 3 is 2.76 bits per heavy atom. The van der Waals surface area contributed by atoms with Crippen LogP contribution in [0.4, 0.5) is 0 Å². The molecule has 1 heterocycles. The molecule has 122 valence electrons. The highest BCUT2D eigenvalue weighted by molar-refractivity contribution is 14.0. The van der Waals surface area contributed by atoms with Crippen LogP contribution in [-0.4, -0.2) is 39.3 Å². The third-order valence-corrected chi connectivity index (χ3v) is 2.84. The molecule has 0 aliphatic heterocycles. The van der Waals surface area contributed by atoms with Crippen molar-refractivity contribution < 1.29 is 9.15 Å². The van der Waals surface area contributed by atoms with Crippen LogP contribution in [0.15, 0.2) is 27.8 Å². The lowest BCUT2D eigenvalue weighted by Gasteiger charge is -2.11. The lowest BCUT2D eigenvalue weighted by Crippen LogP contribution is -2.39. The van der Waals surface area contributed by atoms with E-state index < -0.39 is 0 Å². The third-order valence-electron chi connectivity index (χ3n) is 2.84. The number of nitrogens with one attached hydrogen (secondary N) is 2. The number of guanidine groups is 1. The molecule has 0 radical (unpaired) electrons. The van der Waals surface area contributed by atoms with Gasteiger partial charge >= 0.3 is 0 Å². The van der Waals surface area contributed by atoms with Gasteiger partial charge in [0.05, 0.1) is 6.26 Å². The summed E-state index contributed by atoms with van der Waals surface area (Å²) in [5.41, 5.74) is 0. The number of hydrogen-bond acceptors (Lipinski definition) is 3. The van der Waals surface area contributed by atoms with Crippen LogP contribution in [0, 0.1) is 0 Å². The van der Waals surface area contributed by atoms with Crippen molar-refractivity contribution in [2.75, 3.05) is 33.4 Å². The van der Waals surface area contributed by atoms with Gasteiger partial charge in [-0.3, -0.25) is 4.99 Å². The van der Waals surface area contributed by atoms with Crippen molar-refractivity contribution in [3.63, 3.8) is 0 Å². The molecule has 6 heteroatoms. The first-order valence-corrected chi connectivity index (χ1v) is 7.40. The number of methoxy groups -OCH3 is 1. The van der Waals surface area contributed by atoms with Crippen LogP contribution in [-0.2, 0) is 11.2 Å². The molecule has 1 rings (SSSR count). The fourth-order valence-corrected chi connectivity index (χ4v) is 1.72.